The van der Waals surface area contributed by atoms with Crippen molar-refractivity contribution < 1.29 is 4.79 Å². The highest BCUT2D eigenvalue weighted by molar-refractivity contribution is 6.29. The number of hydrogen-bond donors (Lipinski definition) is 1. The second-order valence-corrected chi connectivity index (χ2v) is 3.32. The van der Waals surface area contributed by atoms with Crippen LogP contribution in [0.4, 0.5) is 5.82 Å². The summed E-state index contributed by atoms with van der Waals surface area (Å²) >= 11 is 5.53. The van der Waals surface area contributed by atoms with Gasteiger partial charge in [-0.05, 0) is 13.8 Å². The quantitative estimate of drug-likeness (QED) is 0.762. The first-order valence-corrected chi connectivity index (χ1v) is 4.39. The Morgan fingerprint density at radius 2 is 2.14 bits per heavy atom. The molecule has 1 aromatic heterocycles. The maximum Gasteiger partial charge on any atom is 0.249 e. The summed E-state index contributed by atoms with van der Waals surface area (Å²) in [6.07, 6.45) is 4.26. The molecule has 74 valence electrons. The first-order valence-electron chi connectivity index (χ1n) is 4.01. The molecule has 0 radical (unpaired) electrons. The highest BCUT2D eigenvalue weighted by Crippen LogP contribution is 2.05. The number of aromatic nitrogens is 2. The van der Waals surface area contributed by atoms with E-state index in [0.29, 0.717) is 11.0 Å². The van der Waals surface area contributed by atoms with Gasteiger partial charge in [-0.25, -0.2) is 9.97 Å². The van der Waals surface area contributed by atoms with Crippen molar-refractivity contribution in [1.82, 2.24) is 9.97 Å². The van der Waals surface area contributed by atoms with E-state index < -0.39 is 0 Å². The van der Waals surface area contributed by atoms with E-state index in [2.05, 4.69) is 15.3 Å². The van der Waals surface area contributed by atoms with Gasteiger partial charge < -0.3 is 5.32 Å². The number of hydrogen-bond acceptors (Lipinski definition) is 3. The number of halogens is 1. The number of allylic oxidation sites excluding steroid dienone is 1. The van der Waals surface area contributed by atoms with E-state index in [1.165, 1.54) is 18.5 Å². The summed E-state index contributed by atoms with van der Waals surface area (Å²) in [4.78, 5) is 18.9. The van der Waals surface area contributed by atoms with Crippen molar-refractivity contribution in [2.75, 3.05) is 5.32 Å². The Balaban J connectivity index is 2.66. The summed E-state index contributed by atoms with van der Waals surface area (Å²) in [5.41, 5.74) is 0.921. The smallest absolute Gasteiger partial charge is 0.249 e. The molecule has 14 heavy (non-hydrogen) atoms. The Labute approximate surface area is 87.0 Å². The van der Waals surface area contributed by atoms with E-state index in [0.717, 1.165) is 5.57 Å². The van der Waals surface area contributed by atoms with E-state index >= 15 is 0 Å². The van der Waals surface area contributed by atoms with Crippen LogP contribution in [0.5, 0.6) is 0 Å². The second-order valence-electron chi connectivity index (χ2n) is 2.94. The van der Waals surface area contributed by atoms with Crippen LogP contribution in [0, 0.1) is 0 Å². The average Bonchev–Trinajstić information content (AvgIpc) is 2.07. The Morgan fingerprint density at radius 3 is 2.64 bits per heavy atom. The van der Waals surface area contributed by atoms with Gasteiger partial charge in [0.25, 0.3) is 0 Å². The van der Waals surface area contributed by atoms with Crippen LogP contribution in [-0.2, 0) is 4.79 Å². The molecule has 0 spiro atoms. The van der Waals surface area contributed by atoms with Gasteiger partial charge in [0, 0.05) is 6.08 Å². The van der Waals surface area contributed by atoms with Gasteiger partial charge in [-0.3, -0.25) is 4.79 Å². The van der Waals surface area contributed by atoms with Crippen molar-refractivity contribution >= 4 is 23.3 Å². The molecule has 0 aliphatic rings. The summed E-state index contributed by atoms with van der Waals surface area (Å²) in [6.45, 7) is 3.68. The SMILES string of the molecule is CC(C)=CC(=O)Nc1cnc(Cl)cn1. The lowest BCUT2D eigenvalue weighted by molar-refractivity contribution is -0.112. The first-order chi connectivity index (χ1) is 6.58. The third-order valence-corrected chi connectivity index (χ3v) is 1.49. The maximum absolute atomic E-state index is 11.2. The fourth-order valence-corrected chi connectivity index (χ4v) is 0.899. The molecule has 0 aliphatic heterocycles. The number of rotatable bonds is 2. The highest BCUT2D eigenvalue weighted by atomic mass is 35.5. The van der Waals surface area contributed by atoms with Crippen LogP contribution in [-0.4, -0.2) is 15.9 Å². The van der Waals surface area contributed by atoms with E-state index in [-0.39, 0.29) is 5.91 Å². The van der Waals surface area contributed by atoms with E-state index in [1.807, 2.05) is 13.8 Å². The van der Waals surface area contributed by atoms with Crippen LogP contribution in [0.3, 0.4) is 0 Å². The number of nitrogens with zero attached hydrogens (tertiary/aromatic N) is 2. The molecule has 0 saturated heterocycles. The summed E-state index contributed by atoms with van der Waals surface area (Å²) in [7, 11) is 0. The zero-order valence-electron chi connectivity index (χ0n) is 7.91. The summed E-state index contributed by atoms with van der Waals surface area (Å²) in [6, 6.07) is 0. The third kappa shape index (κ3) is 3.53. The van der Waals surface area contributed by atoms with E-state index in [9.17, 15) is 4.79 Å². The molecular weight excluding hydrogens is 202 g/mol. The summed E-state index contributed by atoms with van der Waals surface area (Å²) in [5, 5.41) is 2.85. The predicted molar refractivity (Wildman–Crippen MR) is 55.1 cm³/mol. The van der Waals surface area contributed by atoms with Gasteiger partial charge in [-0.15, -0.1) is 0 Å². The molecule has 0 fully saturated rings. The van der Waals surface area contributed by atoms with Gasteiger partial charge in [0.15, 0.2) is 5.82 Å². The molecule has 4 nitrogen and oxygen atoms in total. The lowest BCUT2D eigenvalue weighted by atomic mass is 10.3. The Hall–Kier alpha value is -1.42. The normalized spacial score (nSPS) is 9.36. The first kappa shape index (κ1) is 10.7. The fraction of sp³-hybridized carbons (Fsp3) is 0.222. The van der Waals surface area contributed by atoms with Crippen LogP contribution >= 0.6 is 11.6 Å². The molecule has 0 aromatic carbocycles. The Bertz CT molecular complexity index is 355. The molecular formula is C9H10ClN3O. The molecule has 5 heteroatoms. The van der Waals surface area contributed by atoms with Gasteiger partial charge in [0.1, 0.15) is 5.15 Å². The largest absolute Gasteiger partial charge is 0.306 e. The number of carbonyl (C=O) groups excluding carboxylic acids is 1. The van der Waals surface area contributed by atoms with Crippen molar-refractivity contribution in [2.24, 2.45) is 0 Å². The molecule has 0 aliphatic carbocycles. The topological polar surface area (TPSA) is 54.9 Å². The second kappa shape index (κ2) is 4.72. The van der Waals surface area contributed by atoms with Crippen LogP contribution in [0.1, 0.15) is 13.8 Å². The standard InChI is InChI=1S/C9H10ClN3O/c1-6(2)3-9(14)13-8-5-11-7(10)4-12-8/h3-5H,1-2H3,(H,12,13,14). The molecule has 0 unspecified atom stereocenters. The molecule has 1 N–H and O–H groups in total. The van der Waals surface area contributed by atoms with Crippen LogP contribution < -0.4 is 5.32 Å². The maximum atomic E-state index is 11.2. The minimum Gasteiger partial charge on any atom is -0.306 e. The van der Waals surface area contributed by atoms with Gasteiger partial charge in [-0.1, -0.05) is 17.2 Å². The van der Waals surface area contributed by atoms with Crippen LogP contribution in [0.2, 0.25) is 5.15 Å². The molecule has 0 atom stereocenters. The van der Waals surface area contributed by atoms with Crippen molar-refractivity contribution in [2.45, 2.75) is 13.8 Å². The van der Waals surface area contributed by atoms with Crippen molar-refractivity contribution in [3.05, 3.63) is 29.2 Å². The number of amides is 1. The highest BCUT2D eigenvalue weighted by Gasteiger charge is 1.99. The molecule has 0 saturated carbocycles. The average molecular weight is 212 g/mol. The summed E-state index contributed by atoms with van der Waals surface area (Å²) < 4.78 is 0. The van der Waals surface area contributed by atoms with E-state index in [4.69, 9.17) is 11.6 Å². The van der Waals surface area contributed by atoms with Crippen molar-refractivity contribution in [3.63, 3.8) is 0 Å². The summed E-state index contributed by atoms with van der Waals surface area (Å²) in [5.74, 6) is 0.165. The minimum absolute atomic E-state index is 0.221. The number of anilines is 1. The Morgan fingerprint density at radius 1 is 1.43 bits per heavy atom. The molecule has 0 bridgehead atoms. The molecule has 1 amide bonds. The Kier molecular flexibility index (Phi) is 3.59. The lowest BCUT2D eigenvalue weighted by Gasteiger charge is -1.99. The zero-order chi connectivity index (χ0) is 10.6. The monoisotopic (exact) mass is 211 g/mol. The van der Waals surface area contributed by atoms with Crippen molar-refractivity contribution in [3.8, 4) is 0 Å². The van der Waals surface area contributed by atoms with Crippen molar-refractivity contribution in [1.29, 1.82) is 0 Å². The third-order valence-electron chi connectivity index (χ3n) is 1.29. The predicted octanol–water partition coefficient (Wildman–Crippen LogP) is 2.03. The lowest BCUT2D eigenvalue weighted by Crippen LogP contribution is -2.09. The molecule has 1 heterocycles. The minimum atomic E-state index is -0.221. The molecule has 1 aromatic rings. The van der Waals surface area contributed by atoms with Crippen LogP contribution in [0.15, 0.2) is 24.0 Å². The van der Waals surface area contributed by atoms with E-state index in [1.54, 1.807) is 0 Å². The fourth-order valence-electron chi connectivity index (χ4n) is 0.801. The van der Waals surface area contributed by atoms with Gasteiger partial charge >= 0.3 is 0 Å². The van der Waals surface area contributed by atoms with Gasteiger partial charge in [0.2, 0.25) is 5.91 Å². The zero-order valence-corrected chi connectivity index (χ0v) is 8.67. The van der Waals surface area contributed by atoms with Crippen LogP contribution in [0.25, 0.3) is 0 Å². The molecule has 1 rings (SSSR count). The number of carbonyl (C=O) groups is 1. The number of nitrogens with one attached hydrogen (secondary N) is 1. The van der Waals surface area contributed by atoms with Gasteiger partial charge in [-0.2, -0.15) is 0 Å². The van der Waals surface area contributed by atoms with Gasteiger partial charge in [0.05, 0.1) is 12.4 Å².